The van der Waals surface area contributed by atoms with Gasteiger partial charge in [-0.25, -0.2) is 0 Å². The van der Waals surface area contributed by atoms with E-state index >= 15 is 0 Å². The SMILES string of the molecule is CC1CCC(C(=O)N(C)CC2CC(Cl)C2)CC1. The van der Waals surface area contributed by atoms with Gasteiger partial charge in [0.25, 0.3) is 0 Å². The van der Waals surface area contributed by atoms with E-state index < -0.39 is 0 Å². The van der Waals surface area contributed by atoms with Crippen molar-refractivity contribution in [1.29, 1.82) is 0 Å². The number of carbonyl (C=O) groups excluding carboxylic acids is 1. The van der Waals surface area contributed by atoms with Crippen molar-refractivity contribution in [2.45, 2.75) is 50.8 Å². The van der Waals surface area contributed by atoms with E-state index in [1.807, 2.05) is 11.9 Å². The van der Waals surface area contributed by atoms with Crippen molar-refractivity contribution in [3.8, 4) is 0 Å². The van der Waals surface area contributed by atoms with Crippen molar-refractivity contribution in [2.24, 2.45) is 17.8 Å². The fourth-order valence-corrected chi connectivity index (χ4v) is 3.60. The van der Waals surface area contributed by atoms with E-state index in [1.165, 1.54) is 12.8 Å². The first-order valence-corrected chi connectivity index (χ1v) is 7.39. The first kappa shape index (κ1) is 13.2. The minimum Gasteiger partial charge on any atom is -0.345 e. The number of nitrogens with zero attached hydrogens (tertiary/aromatic N) is 1. The molecule has 0 spiro atoms. The highest BCUT2D eigenvalue weighted by Crippen LogP contribution is 2.33. The average Bonchev–Trinajstić information content (AvgIpc) is 2.27. The van der Waals surface area contributed by atoms with E-state index in [2.05, 4.69) is 6.92 Å². The van der Waals surface area contributed by atoms with Crippen molar-refractivity contribution in [3.05, 3.63) is 0 Å². The Hall–Kier alpha value is -0.240. The van der Waals surface area contributed by atoms with Crippen LogP contribution in [0.25, 0.3) is 0 Å². The Balaban J connectivity index is 1.74. The molecule has 2 rings (SSSR count). The summed E-state index contributed by atoms with van der Waals surface area (Å²) in [6.07, 6.45) is 6.79. The van der Waals surface area contributed by atoms with Crippen LogP contribution >= 0.6 is 11.6 Å². The van der Waals surface area contributed by atoms with Crippen LogP contribution in [0.15, 0.2) is 0 Å². The van der Waals surface area contributed by atoms with Crippen LogP contribution in [0.4, 0.5) is 0 Å². The molecule has 2 aliphatic carbocycles. The Morgan fingerprint density at radius 1 is 1.24 bits per heavy atom. The van der Waals surface area contributed by atoms with Gasteiger partial charge in [0.1, 0.15) is 0 Å². The lowest BCUT2D eigenvalue weighted by Gasteiger charge is -2.36. The monoisotopic (exact) mass is 257 g/mol. The average molecular weight is 258 g/mol. The normalized spacial score (nSPS) is 37.4. The molecule has 2 nitrogen and oxygen atoms in total. The number of halogens is 1. The minimum absolute atomic E-state index is 0.295. The van der Waals surface area contributed by atoms with Crippen molar-refractivity contribution in [2.75, 3.05) is 13.6 Å². The van der Waals surface area contributed by atoms with E-state index in [0.717, 1.165) is 38.1 Å². The molecule has 1 amide bonds. The summed E-state index contributed by atoms with van der Waals surface area (Å²) >= 11 is 5.97. The molecule has 98 valence electrons. The van der Waals surface area contributed by atoms with Gasteiger partial charge >= 0.3 is 0 Å². The van der Waals surface area contributed by atoms with E-state index in [4.69, 9.17) is 11.6 Å². The zero-order valence-corrected chi connectivity index (χ0v) is 11.7. The zero-order valence-electron chi connectivity index (χ0n) is 11.0. The van der Waals surface area contributed by atoms with Crippen LogP contribution in [0, 0.1) is 17.8 Å². The largest absolute Gasteiger partial charge is 0.345 e. The first-order valence-electron chi connectivity index (χ1n) is 6.95. The molecule has 0 N–H and O–H groups in total. The summed E-state index contributed by atoms with van der Waals surface area (Å²) in [7, 11) is 1.96. The third kappa shape index (κ3) is 3.37. The molecule has 0 aliphatic heterocycles. The predicted octanol–water partition coefficient (Wildman–Crippen LogP) is 3.29. The molecular formula is C14H24ClNO. The highest BCUT2D eigenvalue weighted by Gasteiger charge is 2.31. The molecule has 0 aromatic heterocycles. The highest BCUT2D eigenvalue weighted by molar-refractivity contribution is 6.21. The van der Waals surface area contributed by atoms with Gasteiger partial charge in [0.05, 0.1) is 0 Å². The fraction of sp³-hybridized carbons (Fsp3) is 0.929. The Kier molecular flexibility index (Phi) is 4.35. The number of alkyl halides is 1. The molecule has 2 saturated carbocycles. The summed E-state index contributed by atoms with van der Waals surface area (Å²) in [5.41, 5.74) is 0. The minimum atomic E-state index is 0.295. The number of hydrogen-bond acceptors (Lipinski definition) is 1. The second-order valence-electron chi connectivity index (χ2n) is 6.11. The second kappa shape index (κ2) is 5.60. The van der Waals surface area contributed by atoms with Crippen LogP contribution in [0.1, 0.15) is 45.4 Å². The molecule has 0 radical (unpaired) electrons. The lowest BCUT2D eigenvalue weighted by Crippen LogP contribution is -2.41. The highest BCUT2D eigenvalue weighted by atomic mass is 35.5. The zero-order chi connectivity index (χ0) is 12.4. The van der Waals surface area contributed by atoms with Crippen LogP contribution in [-0.2, 0) is 4.79 Å². The van der Waals surface area contributed by atoms with Gasteiger partial charge in [0.15, 0.2) is 0 Å². The molecule has 0 aromatic rings. The Bertz CT molecular complexity index is 267. The summed E-state index contributed by atoms with van der Waals surface area (Å²) < 4.78 is 0. The van der Waals surface area contributed by atoms with E-state index in [0.29, 0.717) is 23.1 Å². The number of rotatable bonds is 3. The molecule has 0 aromatic carbocycles. The predicted molar refractivity (Wildman–Crippen MR) is 71.1 cm³/mol. The summed E-state index contributed by atoms with van der Waals surface area (Å²) in [5.74, 6) is 2.12. The number of amides is 1. The van der Waals surface area contributed by atoms with E-state index in [1.54, 1.807) is 0 Å². The quantitative estimate of drug-likeness (QED) is 0.711. The lowest BCUT2D eigenvalue weighted by molar-refractivity contribution is -0.136. The van der Waals surface area contributed by atoms with Crippen LogP contribution in [-0.4, -0.2) is 29.8 Å². The Labute approximate surface area is 110 Å². The summed E-state index contributed by atoms with van der Waals surface area (Å²) in [5, 5.41) is 0.360. The van der Waals surface area contributed by atoms with Crippen molar-refractivity contribution >= 4 is 17.5 Å². The number of carbonyl (C=O) groups is 1. The molecule has 0 atom stereocenters. The van der Waals surface area contributed by atoms with Crippen LogP contribution in [0.5, 0.6) is 0 Å². The Morgan fingerprint density at radius 2 is 1.82 bits per heavy atom. The van der Waals surface area contributed by atoms with E-state index in [-0.39, 0.29) is 0 Å². The van der Waals surface area contributed by atoms with Gasteiger partial charge in [-0.2, -0.15) is 0 Å². The molecule has 0 unspecified atom stereocenters. The molecule has 0 saturated heterocycles. The van der Waals surface area contributed by atoms with Crippen molar-refractivity contribution in [1.82, 2.24) is 4.90 Å². The maximum atomic E-state index is 12.3. The van der Waals surface area contributed by atoms with Gasteiger partial charge in [0.2, 0.25) is 5.91 Å². The summed E-state index contributed by atoms with van der Waals surface area (Å²) in [6, 6.07) is 0. The molecular weight excluding hydrogens is 234 g/mol. The molecule has 2 aliphatic rings. The maximum absolute atomic E-state index is 12.3. The molecule has 2 fully saturated rings. The maximum Gasteiger partial charge on any atom is 0.225 e. The standard InChI is InChI=1S/C14H24ClNO/c1-10-3-5-12(6-4-10)14(17)16(2)9-11-7-13(15)8-11/h10-13H,3-9H2,1-2H3. The first-order chi connectivity index (χ1) is 8.06. The fourth-order valence-electron chi connectivity index (χ4n) is 3.10. The van der Waals surface area contributed by atoms with Crippen LogP contribution in [0.2, 0.25) is 0 Å². The summed E-state index contributed by atoms with van der Waals surface area (Å²) in [4.78, 5) is 14.2. The van der Waals surface area contributed by atoms with Gasteiger partial charge in [-0.15, -0.1) is 11.6 Å². The van der Waals surface area contributed by atoms with Gasteiger partial charge in [-0.3, -0.25) is 4.79 Å². The lowest BCUT2D eigenvalue weighted by atomic mass is 9.81. The topological polar surface area (TPSA) is 20.3 Å². The van der Waals surface area contributed by atoms with E-state index in [9.17, 15) is 4.79 Å². The molecule has 3 heteroatoms. The summed E-state index contributed by atoms with van der Waals surface area (Å²) in [6.45, 7) is 3.20. The van der Waals surface area contributed by atoms with Crippen LogP contribution in [0.3, 0.4) is 0 Å². The third-order valence-electron chi connectivity index (χ3n) is 4.45. The molecule has 17 heavy (non-hydrogen) atoms. The van der Waals surface area contributed by atoms with Crippen LogP contribution < -0.4 is 0 Å². The van der Waals surface area contributed by atoms with Gasteiger partial charge < -0.3 is 4.90 Å². The Morgan fingerprint density at radius 3 is 2.35 bits per heavy atom. The third-order valence-corrected chi connectivity index (χ3v) is 4.81. The smallest absolute Gasteiger partial charge is 0.225 e. The second-order valence-corrected chi connectivity index (χ2v) is 6.73. The van der Waals surface area contributed by atoms with Gasteiger partial charge in [-0.05, 0) is 50.4 Å². The van der Waals surface area contributed by atoms with Crippen molar-refractivity contribution < 1.29 is 4.79 Å². The van der Waals surface area contributed by atoms with Gasteiger partial charge in [-0.1, -0.05) is 6.92 Å². The number of hydrogen-bond donors (Lipinski definition) is 0. The molecule has 0 bridgehead atoms. The van der Waals surface area contributed by atoms with Gasteiger partial charge in [0, 0.05) is 24.9 Å². The van der Waals surface area contributed by atoms with Crippen molar-refractivity contribution in [3.63, 3.8) is 0 Å². The molecule has 0 heterocycles.